The van der Waals surface area contributed by atoms with Crippen molar-refractivity contribution in [3.63, 3.8) is 0 Å². The zero-order chi connectivity index (χ0) is 35.5. The van der Waals surface area contributed by atoms with Crippen molar-refractivity contribution >= 4 is 11.8 Å². The van der Waals surface area contributed by atoms with Crippen molar-refractivity contribution in [2.45, 2.75) is 128 Å². The Bertz CT molecular complexity index is 1260. The molecule has 0 saturated carbocycles. The van der Waals surface area contributed by atoms with Crippen LogP contribution in [0.25, 0.3) is 10.4 Å². The molecule has 2 aromatic rings. The van der Waals surface area contributed by atoms with Gasteiger partial charge in [0.15, 0.2) is 0 Å². The van der Waals surface area contributed by atoms with Crippen LogP contribution in [0.15, 0.2) is 75.8 Å². The van der Waals surface area contributed by atoms with Crippen LogP contribution >= 0.6 is 0 Å². The minimum atomic E-state index is 0.0323. The predicted molar refractivity (Wildman–Crippen MR) is 204 cm³/mol. The zero-order valence-corrected chi connectivity index (χ0v) is 30.7. The van der Waals surface area contributed by atoms with E-state index in [9.17, 15) is 0 Å². The summed E-state index contributed by atoms with van der Waals surface area (Å²) < 4.78 is 22.8. The molecular formula is C40H62N6O4. The number of rotatable bonds is 25. The topological polar surface area (TPSA) is 136 Å². The van der Waals surface area contributed by atoms with Gasteiger partial charge in [0.1, 0.15) is 25.3 Å². The van der Waals surface area contributed by atoms with E-state index in [4.69, 9.17) is 30.2 Å². The lowest BCUT2D eigenvalue weighted by Crippen LogP contribution is -2.23. The van der Waals surface area contributed by atoms with Crippen LogP contribution in [0, 0.1) is 0 Å². The number of hydrogen-bond donors (Lipinski definition) is 1. The van der Waals surface area contributed by atoms with Crippen molar-refractivity contribution in [1.29, 1.82) is 0 Å². The molecule has 4 atom stereocenters. The molecule has 10 nitrogen and oxygen atoms in total. The van der Waals surface area contributed by atoms with E-state index in [1.54, 1.807) is 0 Å². The Labute approximate surface area is 300 Å². The van der Waals surface area contributed by atoms with Crippen molar-refractivity contribution in [3.8, 4) is 0 Å². The highest BCUT2D eigenvalue weighted by Gasteiger charge is 2.21. The van der Waals surface area contributed by atoms with E-state index in [-0.39, 0.29) is 24.2 Å². The normalized spacial score (nSPS) is 17.7. The van der Waals surface area contributed by atoms with Crippen molar-refractivity contribution in [1.82, 2.24) is 0 Å². The highest BCUT2D eigenvalue weighted by Crippen LogP contribution is 2.16. The van der Waals surface area contributed by atoms with Gasteiger partial charge in [0, 0.05) is 41.3 Å². The monoisotopic (exact) mass is 690 g/mol. The molecule has 0 fully saturated rings. The average Bonchev–Trinajstić information content (AvgIpc) is 3.83. The Balaban J connectivity index is 0.000000271. The molecule has 0 radical (unpaired) electrons. The minimum Gasteiger partial charge on any atom is -0.475 e. The Kier molecular flexibility index (Phi) is 21.6. The van der Waals surface area contributed by atoms with Crippen molar-refractivity contribution < 1.29 is 18.9 Å². The molecule has 0 saturated heterocycles. The van der Waals surface area contributed by atoms with Crippen LogP contribution in [-0.2, 0) is 18.9 Å². The largest absolute Gasteiger partial charge is 0.475 e. The van der Waals surface area contributed by atoms with Crippen molar-refractivity contribution in [3.05, 3.63) is 82.2 Å². The fraction of sp³-hybridized carbons (Fsp3) is 0.650. The van der Waals surface area contributed by atoms with E-state index in [0.717, 1.165) is 49.1 Å². The summed E-state index contributed by atoms with van der Waals surface area (Å²) in [5.74, 6) is 1.42. The van der Waals surface area contributed by atoms with Gasteiger partial charge >= 0.3 is 0 Å². The lowest BCUT2D eigenvalue weighted by Gasteiger charge is -2.12. The summed E-state index contributed by atoms with van der Waals surface area (Å²) in [7, 11) is 0. The van der Waals surface area contributed by atoms with Crippen molar-refractivity contribution in [2.24, 2.45) is 20.8 Å². The van der Waals surface area contributed by atoms with Crippen LogP contribution in [-0.4, -0.2) is 75.6 Å². The van der Waals surface area contributed by atoms with E-state index in [1.807, 2.05) is 60.7 Å². The molecule has 10 heteroatoms. The third kappa shape index (κ3) is 17.5. The smallest absolute Gasteiger partial charge is 0.216 e. The van der Waals surface area contributed by atoms with Crippen LogP contribution in [0.4, 0.5) is 0 Å². The summed E-state index contributed by atoms with van der Waals surface area (Å²) in [6.45, 7) is 8.06. The van der Waals surface area contributed by atoms with Gasteiger partial charge in [0.2, 0.25) is 11.8 Å². The van der Waals surface area contributed by atoms with Gasteiger partial charge in [-0.2, -0.15) is 0 Å². The van der Waals surface area contributed by atoms with Crippen LogP contribution in [0.2, 0.25) is 0 Å². The summed E-state index contributed by atoms with van der Waals surface area (Å²) in [5.41, 5.74) is 16.9. The van der Waals surface area contributed by atoms with Crippen molar-refractivity contribution in [2.75, 3.05) is 39.6 Å². The van der Waals surface area contributed by atoms with Crippen LogP contribution in [0.1, 0.15) is 115 Å². The first kappa shape index (κ1) is 41.0. The Morgan fingerprint density at radius 2 is 1.18 bits per heavy atom. The molecule has 2 unspecified atom stereocenters. The number of ether oxygens (including phenoxy) is 4. The highest BCUT2D eigenvalue weighted by molar-refractivity contribution is 5.95. The summed E-state index contributed by atoms with van der Waals surface area (Å²) in [5, 5.41) is 3.91. The molecule has 50 heavy (non-hydrogen) atoms. The van der Waals surface area contributed by atoms with Crippen LogP contribution < -0.4 is 5.73 Å². The molecule has 2 aliphatic rings. The predicted octanol–water partition coefficient (Wildman–Crippen LogP) is 9.20. The second-order valence-electron chi connectivity index (χ2n) is 13.3. The fourth-order valence-corrected chi connectivity index (χ4v) is 5.84. The van der Waals surface area contributed by atoms with E-state index in [0.29, 0.717) is 45.5 Å². The third-order valence-electron chi connectivity index (χ3n) is 8.85. The van der Waals surface area contributed by atoms with Crippen LogP contribution in [0.5, 0.6) is 0 Å². The van der Waals surface area contributed by atoms with Gasteiger partial charge in [-0.1, -0.05) is 120 Å². The molecule has 0 spiro atoms. The van der Waals surface area contributed by atoms with E-state index in [1.165, 1.54) is 57.8 Å². The first-order valence-electron chi connectivity index (χ1n) is 19.1. The molecule has 0 bridgehead atoms. The van der Waals surface area contributed by atoms with Gasteiger partial charge in [0.05, 0.1) is 13.2 Å². The summed E-state index contributed by atoms with van der Waals surface area (Å²) >= 11 is 0. The SMILES string of the molecule is CCCCCCCC(CCOC[C@@H]1COC(c2ccccc2)=N1)N=[N+]=[N-].CCCCCCCC(N)CCOC[C@@H]1COC(c2ccccc2)=N1. The third-order valence-corrected chi connectivity index (χ3v) is 8.85. The number of unbranched alkanes of at least 4 members (excludes halogenated alkanes) is 8. The van der Waals surface area contributed by atoms with Crippen LogP contribution in [0.3, 0.4) is 0 Å². The zero-order valence-electron chi connectivity index (χ0n) is 30.7. The molecule has 4 rings (SSSR count). The van der Waals surface area contributed by atoms with E-state index < -0.39 is 0 Å². The maximum Gasteiger partial charge on any atom is 0.216 e. The Morgan fingerprint density at radius 3 is 1.68 bits per heavy atom. The van der Waals surface area contributed by atoms with Gasteiger partial charge in [-0.15, -0.1) is 0 Å². The Morgan fingerprint density at radius 1 is 0.700 bits per heavy atom. The number of nitrogens with two attached hydrogens (primary N) is 1. The van der Waals surface area contributed by atoms with Gasteiger partial charge in [0.25, 0.3) is 0 Å². The van der Waals surface area contributed by atoms with Gasteiger partial charge in [-0.3, -0.25) is 0 Å². The summed E-state index contributed by atoms with van der Waals surface area (Å²) in [6, 6.07) is 20.4. The summed E-state index contributed by atoms with van der Waals surface area (Å²) in [4.78, 5) is 12.1. The molecule has 0 aromatic heterocycles. The second-order valence-corrected chi connectivity index (χ2v) is 13.3. The molecule has 2 N–H and O–H groups in total. The molecule has 2 heterocycles. The van der Waals surface area contributed by atoms with E-state index in [2.05, 4.69) is 33.9 Å². The lowest BCUT2D eigenvalue weighted by molar-refractivity contribution is 0.106. The van der Waals surface area contributed by atoms with E-state index >= 15 is 0 Å². The lowest BCUT2D eigenvalue weighted by atomic mass is 10.1. The van der Waals surface area contributed by atoms with Gasteiger partial charge in [-0.25, -0.2) is 9.98 Å². The first-order valence-corrected chi connectivity index (χ1v) is 19.1. The number of azide groups is 1. The van der Waals surface area contributed by atoms with Gasteiger partial charge < -0.3 is 24.7 Å². The Hall–Kier alpha value is -3.43. The molecule has 2 aromatic carbocycles. The maximum absolute atomic E-state index is 8.73. The van der Waals surface area contributed by atoms with Gasteiger partial charge in [-0.05, 0) is 55.5 Å². The standard InChI is InChI=1S/C20H30N4O2.C20H32N2O2/c1-2-3-4-5-9-12-18(23-24-21)13-14-25-15-19-16-26-20(22-19)17-10-7-6-8-11-17;1-2-3-4-5-9-12-18(21)13-14-23-15-19-16-24-20(22-19)17-10-7-6-8-11-17/h6-8,10-11,18-19H,2-5,9,12-16H2,1H3;6-8,10-11,18-19H,2-5,9,12-16,21H2,1H3/t2*18?,19-/m11/s1. The molecular weight excluding hydrogens is 628 g/mol. The fourth-order valence-electron chi connectivity index (χ4n) is 5.84. The second kappa shape index (κ2) is 26.4. The number of nitrogens with zero attached hydrogens (tertiary/aromatic N) is 5. The molecule has 0 amide bonds. The maximum atomic E-state index is 8.73. The quantitative estimate of drug-likeness (QED) is 0.0479. The summed E-state index contributed by atoms with van der Waals surface area (Å²) in [6.07, 6.45) is 16.4. The molecule has 0 aliphatic carbocycles. The first-order chi connectivity index (χ1) is 24.6. The number of hydrogen-bond acceptors (Lipinski definition) is 8. The number of benzene rings is 2. The highest BCUT2D eigenvalue weighted by atomic mass is 16.5. The molecule has 2 aliphatic heterocycles. The minimum absolute atomic E-state index is 0.0323. The number of aliphatic imine (C=N–C) groups is 2. The molecule has 276 valence electrons. The average molecular weight is 691 g/mol.